The maximum absolute atomic E-state index is 9.99. The third-order valence-corrected chi connectivity index (χ3v) is 3.71. The van der Waals surface area contributed by atoms with Crippen molar-refractivity contribution in [3.8, 4) is 5.75 Å². The Balaban J connectivity index is 0.00000162. The van der Waals surface area contributed by atoms with Crippen molar-refractivity contribution >= 4 is 48.0 Å². The first-order chi connectivity index (χ1) is 8.09. The van der Waals surface area contributed by atoms with Crippen LogP contribution in [0.1, 0.15) is 18.5 Å². The maximum Gasteiger partial charge on any atom is 0.139 e. The van der Waals surface area contributed by atoms with Crippen LogP contribution in [0.3, 0.4) is 0 Å². The summed E-state index contributed by atoms with van der Waals surface area (Å²) < 4.78 is 0. The van der Waals surface area contributed by atoms with E-state index in [1.165, 1.54) is 0 Å². The Kier molecular flexibility index (Phi) is 8.45. The number of nitrogens with zero attached hydrogens (tertiary/aromatic N) is 1. The van der Waals surface area contributed by atoms with Crippen LogP contribution in [0, 0.1) is 0 Å². The van der Waals surface area contributed by atoms with E-state index in [2.05, 4.69) is 17.1 Å². The van der Waals surface area contributed by atoms with Crippen LogP contribution in [0.5, 0.6) is 5.75 Å². The first-order valence-corrected chi connectivity index (χ1v) is 6.48. The quantitative estimate of drug-likeness (QED) is 0.859. The molecule has 1 saturated heterocycles. The van der Waals surface area contributed by atoms with Gasteiger partial charge in [0.25, 0.3) is 0 Å². The largest absolute Gasteiger partial charge is 0.506 e. The van der Waals surface area contributed by atoms with Gasteiger partial charge >= 0.3 is 0 Å². The van der Waals surface area contributed by atoms with Gasteiger partial charge in [0, 0.05) is 42.8 Å². The molecule has 1 aliphatic rings. The van der Waals surface area contributed by atoms with Crippen LogP contribution in [0.25, 0.3) is 0 Å². The highest BCUT2D eigenvalue weighted by Gasteiger charge is 2.21. The lowest BCUT2D eigenvalue weighted by Gasteiger charge is -2.33. The third-order valence-electron chi connectivity index (χ3n) is 3.21. The van der Waals surface area contributed by atoms with Crippen molar-refractivity contribution in [2.24, 2.45) is 0 Å². The summed E-state index contributed by atoms with van der Waals surface area (Å²) in [6.45, 7) is 5.93. The first kappa shape index (κ1) is 19.1. The standard InChI is InChI=1S/C12H16Cl2N2O.2ClH/c1-8(16-4-2-15-3-5-16)10-6-9(13)7-11(14)12(10)17;;/h6-8,15,17H,2-5H2,1H3;2*1H/t8-;;/m1../s1. The van der Waals surface area contributed by atoms with Crippen LogP contribution in [-0.2, 0) is 0 Å². The number of halogens is 4. The van der Waals surface area contributed by atoms with Crippen molar-refractivity contribution in [3.63, 3.8) is 0 Å². The Morgan fingerprint density at radius 2 is 1.79 bits per heavy atom. The van der Waals surface area contributed by atoms with Gasteiger partial charge in [-0.3, -0.25) is 4.90 Å². The summed E-state index contributed by atoms with van der Waals surface area (Å²) in [4.78, 5) is 2.30. The molecule has 110 valence electrons. The highest BCUT2D eigenvalue weighted by Crippen LogP contribution is 2.36. The maximum atomic E-state index is 9.99. The lowest BCUT2D eigenvalue weighted by molar-refractivity contribution is 0.183. The molecule has 0 unspecified atom stereocenters. The molecule has 0 radical (unpaired) electrons. The zero-order chi connectivity index (χ0) is 12.4. The molecule has 2 N–H and O–H groups in total. The molecule has 19 heavy (non-hydrogen) atoms. The van der Waals surface area contributed by atoms with Gasteiger partial charge in [-0.15, -0.1) is 24.8 Å². The monoisotopic (exact) mass is 346 g/mol. The Morgan fingerprint density at radius 1 is 1.21 bits per heavy atom. The highest BCUT2D eigenvalue weighted by atomic mass is 35.5. The van der Waals surface area contributed by atoms with Crippen LogP contribution >= 0.6 is 48.0 Å². The minimum atomic E-state index is 0. The molecular weight excluding hydrogens is 330 g/mol. The molecule has 0 aromatic heterocycles. The summed E-state index contributed by atoms with van der Waals surface area (Å²) in [7, 11) is 0. The number of phenols is 1. The molecule has 1 aromatic rings. The van der Waals surface area contributed by atoms with Crippen molar-refractivity contribution in [3.05, 3.63) is 27.7 Å². The van der Waals surface area contributed by atoms with Gasteiger partial charge in [-0.25, -0.2) is 0 Å². The molecule has 3 nitrogen and oxygen atoms in total. The van der Waals surface area contributed by atoms with E-state index in [4.69, 9.17) is 23.2 Å². The second-order valence-corrected chi connectivity index (χ2v) is 5.13. The lowest BCUT2D eigenvalue weighted by atomic mass is 10.0. The molecule has 0 saturated carbocycles. The van der Waals surface area contributed by atoms with Gasteiger partial charge in [0.15, 0.2) is 0 Å². The van der Waals surface area contributed by atoms with E-state index >= 15 is 0 Å². The molecule has 2 rings (SSSR count). The molecular formula is C12H18Cl4N2O. The average molecular weight is 348 g/mol. The zero-order valence-corrected chi connectivity index (χ0v) is 13.7. The molecule has 0 spiro atoms. The molecule has 1 fully saturated rings. The molecule has 7 heteroatoms. The van der Waals surface area contributed by atoms with E-state index in [1.54, 1.807) is 12.1 Å². The van der Waals surface area contributed by atoms with Gasteiger partial charge in [-0.1, -0.05) is 23.2 Å². The number of hydrogen-bond donors (Lipinski definition) is 2. The van der Waals surface area contributed by atoms with E-state index in [0.29, 0.717) is 10.0 Å². The fraction of sp³-hybridized carbons (Fsp3) is 0.500. The van der Waals surface area contributed by atoms with Gasteiger partial charge in [-0.2, -0.15) is 0 Å². The van der Waals surface area contributed by atoms with E-state index in [9.17, 15) is 5.11 Å². The number of piperazine rings is 1. The predicted octanol–water partition coefficient (Wildman–Crippen LogP) is 3.51. The molecule has 0 aliphatic carbocycles. The van der Waals surface area contributed by atoms with E-state index < -0.39 is 0 Å². The van der Waals surface area contributed by atoms with E-state index in [1.807, 2.05) is 0 Å². The second kappa shape index (κ2) is 8.40. The van der Waals surface area contributed by atoms with Crippen LogP contribution < -0.4 is 5.32 Å². The molecule has 1 atom stereocenters. The van der Waals surface area contributed by atoms with Gasteiger partial charge in [0.1, 0.15) is 5.75 Å². The predicted molar refractivity (Wildman–Crippen MR) is 85.5 cm³/mol. The van der Waals surface area contributed by atoms with E-state index in [-0.39, 0.29) is 36.6 Å². The fourth-order valence-corrected chi connectivity index (χ4v) is 2.68. The Morgan fingerprint density at radius 3 is 2.37 bits per heavy atom. The van der Waals surface area contributed by atoms with Crippen LogP contribution in [0.15, 0.2) is 12.1 Å². The number of hydrogen-bond acceptors (Lipinski definition) is 3. The minimum absolute atomic E-state index is 0. The summed E-state index contributed by atoms with van der Waals surface area (Å²) in [5, 5.41) is 14.2. The van der Waals surface area contributed by atoms with Crippen LogP contribution in [0.4, 0.5) is 0 Å². The fourth-order valence-electron chi connectivity index (χ4n) is 2.17. The Bertz CT molecular complexity index is 411. The average Bonchev–Trinajstić information content (AvgIpc) is 2.34. The number of aromatic hydroxyl groups is 1. The minimum Gasteiger partial charge on any atom is -0.506 e. The number of nitrogens with one attached hydrogen (secondary N) is 1. The normalized spacial score (nSPS) is 17.2. The van der Waals surface area contributed by atoms with Crippen molar-refractivity contribution in [2.75, 3.05) is 26.2 Å². The Hall–Kier alpha value is 0.1000. The highest BCUT2D eigenvalue weighted by molar-refractivity contribution is 6.35. The van der Waals surface area contributed by atoms with Gasteiger partial charge in [0.05, 0.1) is 5.02 Å². The van der Waals surface area contributed by atoms with Crippen molar-refractivity contribution < 1.29 is 5.11 Å². The summed E-state index contributed by atoms with van der Waals surface area (Å²) in [6, 6.07) is 3.47. The van der Waals surface area contributed by atoms with Crippen molar-refractivity contribution in [1.82, 2.24) is 10.2 Å². The number of rotatable bonds is 2. The topological polar surface area (TPSA) is 35.5 Å². The van der Waals surface area contributed by atoms with Crippen molar-refractivity contribution in [2.45, 2.75) is 13.0 Å². The van der Waals surface area contributed by atoms with Gasteiger partial charge in [0.2, 0.25) is 0 Å². The zero-order valence-electron chi connectivity index (χ0n) is 10.5. The molecule has 0 bridgehead atoms. The number of benzene rings is 1. The molecule has 1 heterocycles. The van der Waals surface area contributed by atoms with Crippen LogP contribution in [-0.4, -0.2) is 36.2 Å². The molecule has 0 amide bonds. The van der Waals surface area contributed by atoms with E-state index in [0.717, 1.165) is 31.7 Å². The first-order valence-electron chi connectivity index (χ1n) is 5.72. The summed E-state index contributed by atoms with van der Waals surface area (Å²) in [6.07, 6.45) is 0. The summed E-state index contributed by atoms with van der Waals surface area (Å²) >= 11 is 11.9. The van der Waals surface area contributed by atoms with Crippen LogP contribution in [0.2, 0.25) is 10.0 Å². The Labute approximate surface area is 136 Å². The van der Waals surface area contributed by atoms with Gasteiger partial charge in [-0.05, 0) is 19.1 Å². The van der Waals surface area contributed by atoms with Crippen molar-refractivity contribution in [1.29, 1.82) is 0 Å². The smallest absolute Gasteiger partial charge is 0.139 e. The lowest BCUT2D eigenvalue weighted by Crippen LogP contribution is -2.44. The number of phenolic OH excluding ortho intramolecular Hbond substituents is 1. The summed E-state index contributed by atoms with van der Waals surface area (Å²) in [5.74, 6) is 0.141. The molecule has 1 aromatic carbocycles. The SMILES string of the molecule is C[C@H](c1cc(Cl)cc(Cl)c1O)N1CCNCC1.Cl.Cl. The molecule has 1 aliphatic heterocycles. The van der Waals surface area contributed by atoms with Gasteiger partial charge < -0.3 is 10.4 Å². The second-order valence-electron chi connectivity index (χ2n) is 4.29. The third kappa shape index (κ3) is 4.55. The summed E-state index contributed by atoms with van der Waals surface area (Å²) in [5.41, 5.74) is 0.796.